The van der Waals surface area contributed by atoms with Gasteiger partial charge in [0, 0.05) is 6.07 Å². The highest BCUT2D eigenvalue weighted by Crippen LogP contribution is 2.17. The molecular weight excluding hydrogens is 342 g/mol. The molecule has 1 N–H and O–H groups in total. The summed E-state index contributed by atoms with van der Waals surface area (Å²) in [5, 5.41) is 0.0894. The predicted molar refractivity (Wildman–Crippen MR) is 82.0 cm³/mol. The van der Waals surface area contributed by atoms with E-state index in [-0.39, 0.29) is 28.6 Å². The van der Waals surface area contributed by atoms with E-state index >= 15 is 0 Å². The Balaban J connectivity index is 2.11. The molecule has 0 saturated carbocycles. The molecule has 2 aromatic rings. The van der Waals surface area contributed by atoms with Crippen LogP contribution in [0.15, 0.2) is 34.2 Å². The Labute approximate surface area is 139 Å². The molecule has 0 aliphatic carbocycles. The number of halogens is 2. The number of hydrogen-bond acceptors (Lipinski definition) is 6. The number of ketones is 1. The van der Waals surface area contributed by atoms with E-state index in [0.29, 0.717) is 0 Å². The summed E-state index contributed by atoms with van der Waals surface area (Å²) in [5.74, 6) is -3.04. The van der Waals surface area contributed by atoms with E-state index in [1.807, 2.05) is 0 Å². The topological polar surface area (TPSA) is 89.1 Å². The molecule has 2 rings (SSSR count). The first-order valence-electron chi connectivity index (χ1n) is 6.67. The minimum atomic E-state index is -0.831. The maximum Gasteiger partial charge on any atom is 0.311 e. The average molecular weight is 354 g/mol. The fourth-order valence-corrected chi connectivity index (χ4v) is 2.56. The summed E-state index contributed by atoms with van der Waals surface area (Å²) in [7, 11) is 1.21. The van der Waals surface area contributed by atoms with Gasteiger partial charge in [0.1, 0.15) is 11.6 Å². The lowest BCUT2D eigenvalue weighted by molar-refractivity contribution is -0.139. The highest BCUT2D eigenvalue weighted by Gasteiger charge is 2.15. The Morgan fingerprint density at radius 3 is 2.75 bits per heavy atom. The van der Waals surface area contributed by atoms with E-state index in [4.69, 9.17) is 0 Å². The molecule has 126 valence electrons. The van der Waals surface area contributed by atoms with Crippen LogP contribution in [0.5, 0.6) is 0 Å². The Morgan fingerprint density at radius 1 is 1.29 bits per heavy atom. The summed E-state index contributed by atoms with van der Waals surface area (Å²) in [6, 6.07) is 3.72. The minimum Gasteiger partial charge on any atom is -0.469 e. The molecule has 24 heavy (non-hydrogen) atoms. The number of benzene rings is 1. The van der Waals surface area contributed by atoms with Crippen LogP contribution in [0.4, 0.5) is 8.78 Å². The Hall–Kier alpha value is -2.55. The molecule has 0 radical (unpaired) electrons. The van der Waals surface area contributed by atoms with Gasteiger partial charge in [0.2, 0.25) is 0 Å². The molecular formula is C15H12F2N2O4S. The highest BCUT2D eigenvalue weighted by atomic mass is 32.2. The molecule has 1 aromatic heterocycles. The van der Waals surface area contributed by atoms with Gasteiger partial charge >= 0.3 is 5.97 Å². The number of ether oxygens (including phenoxy) is 1. The minimum absolute atomic E-state index is 0.0894. The molecule has 0 saturated heterocycles. The third-order valence-corrected chi connectivity index (χ3v) is 3.77. The van der Waals surface area contributed by atoms with Gasteiger partial charge in [-0.3, -0.25) is 14.4 Å². The van der Waals surface area contributed by atoms with Gasteiger partial charge in [-0.05, 0) is 18.2 Å². The summed E-state index contributed by atoms with van der Waals surface area (Å²) < 4.78 is 31.1. The van der Waals surface area contributed by atoms with Crippen molar-refractivity contribution in [2.75, 3.05) is 12.9 Å². The van der Waals surface area contributed by atoms with Crippen molar-refractivity contribution in [1.29, 1.82) is 0 Å². The van der Waals surface area contributed by atoms with Crippen LogP contribution in [0.25, 0.3) is 0 Å². The number of aromatic amines is 1. The molecule has 9 heteroatoms. The molecule has 0 aliphatic heterocycles. The number of aromatic nitrogens is 2. The largest absolute Gasteiger partial charge is 0.469 e. The second-order valence-corrected chi connectivity index (χ2v) is 5.59. The first-order chi connectivity index (χ1) is 11.4. The first-order valence-corrected chi connectivity index (χ1v) is 7.65. The van der Waals surface area contributed by atoms with E-state index < -0.39 is 28.9 Å². The second kappa shape index (κ2) is 7.82. The molecule has 0 amide bonds. The number of Topliss-reactive ketones (excluding diaryl/α,β-unsaturated/α-hetero) is 1. The van der Waals surface area contributed by atoms with Gasteiger partial charge in [-0.1, -0.05) is 11.8 Å². The molecule has 0 fully saturated rings. The van der Waals surface area contributed by atoms with Crippen LogP contribution in [0, 0.1) is 11.6 Å². The van der Waals surface area contributed by atoms with Crippen LogP contribution in [-0.4, -0.2) is 34.6 Å². The van der Waals surface area contributed by atoms with Gasteiger partial charge in [-0.15, -0.1) is 0 Å². The van der Waals surface area contributed by atoms with E-state index in [0.717, 1.165) is 36.0 Å². The fraction of sp³-hybridized carbons (Fsp3) is 0.200. The van der Waals surface area contributed by atoms with E-state index in [1.54, 1.807) is 0 Å². The smallest absolute Gasteiger partial charge is 0.311 e. The van der Waals surface area contributed by atoms with E-state index in [1.165, 1.54) is 7.11 Å². The Morgan fingerprint density at radius 2 is 2.04 bits per heavy atom. The number of esters is 1. The molecule has 0 atom stereocenters. The zero-order valence-electron chi connectivity index (χ0n) is 12.5. The van der Waals surface area contributed by atoms with Crippen molar-refractivity contribution >= 4 is 23.5 Å². The molecule has 0 spiro atoms. The van der Waals surface area contributed by atoms with E-state index in [2.05, 4.69) is 14.7 Å². The Kier molecular flexibility index (Phi) is 5.80. The van der Waals surface area contributed by atoms with Crippen LogP contribution < -0.4 is 5.56 Å². The summed E-state index contributed by atoms with van der Waals surface area (Å²) in [6.07, 6.45) is -0.194. The third-order valence-electron chi connectivity index (χ3n) is 2.89. The second-order valence-electron chi connectivity index (χ2n) is 4.63. The standard InChI is InChI=1S/C15H12F2N2O4S/c1-23-14(22)6-9-5-13(21)19-15(18-9)24-7-12(20)10-4-8(16)2-3-11(10)17/h2-5H,6-7H2,1H3,(H,18,19,21). The van der Waals surface area contributed by atoms with Gasteiger partial charge in [-0.25, -0.2) is 13.8 Å². The number of H-pyrrole nitrogens is 1. The van der Waals surface area contributed by atoms with E-state index in [9.17, 15) is 23.2 Å². The zero-order valence-corrected chi connectivity index (χ0v) is 13.3. The average Bonchev–Trinajstić information content (AvgIpc) is 2.54. The van der Waals surface area contributed by atoms with Gasteiger partial charge in [0.15, 0.2) is 10.9 Å². The number of carbonyl (C=O) groups excluding carboxylic acids is 2. The molecule has 6 nitrogen and oxygen atoms in total. The zero-order chi connectivity index (χ0) is 17.7. The maximum absolute atomic E-state index is 13.5. The number of thioether (sulfide) groups is 1. The van der Waals surface area contributed by atoms with Crippen molar-refractivity contribution in [3.63, 3.8) is 0 Å². The normalized spacial score (nSPS) is 10.5. The van der Waals surface area contributed by atoms with Crippen molar-refractivity contribution in [3.8, 4) is 0 Å². The Bertz CT molecular complexity index is 838. The van der Waals surface area contributed by atoms with Crippen molar-refractivity contribution in [1.82, 2.24) is 9.97 Å². The summed E-state index contributed by atoms with van der Waals surface area (Å²) in [6.45, 7) is 0. The number of methoxy groups -OCH3 is 1. The van der Waals surface area contributed by atoms with Crippen LogP contribution in [0.3, 0.4) is 0 Å². The van der Waals surface area contributed by atoms with Crippen molar-refractivity contribution in [2.24, 2.45) is 0 Å². The van der Waals surface area contributed by atoms with Gasteiger partial charge in [-0.2, -0.15) is 0 Å². The van der Waals surface area contributed by atoms with Crippen molar-refractivity contribution in [2.45, 2.75) is 11.6 Å². The number of nitrogens with zero attached hydrogens (tertiary/aromatic N) is 1. The molecule has 0 bridgehead atoms. The lowest BCUT2D eigenvalue weighted by Crippen LogP contribution is -2.14. The molecule has 0 unspecified atom stereocenters. The number of hydrogen-bond donors (Lipinski definition) is 1. The van der Waals surface area contributed by atoms with Crippen LogP contribution in [0.2, 0.25) is 0 Å². The maximum atomic E-state index is 13.5. The number of carbonyl (C=O) groups is 2. The molecule has 0 aliphatic rings. The van der Waals surface area contributed by atoms with Crippen LogP contribution in [0.1, 0.15) is 16.1 Å². The summed E-state index contributed by atoms with van der Waals surface area (Å²) in [4.78, 5) is 41.1. The SMILES string of the molecule is COC(=O)Cc1cc(=O)[nH]c(SCC(=O)c2cc(F)ccc2F)n1. The number of rotatable bonds is 6. The van der Waals surface area contributed by atoms with Crippen LogP contribution in [-0.2, 0) is 16.0 Å². The predicted octanol–water partition coefficient (Wildman–Crippen LogP) is 1.74. The monoisotopic (exact) mass is 354 g/mol. The fourth-order valence-electron chi connectivity index (χ4n) is 1.79. The van der Waals surface area contributed by atoms with Crippen LogP contribution >= 0.6 is 11.8 Å². The van der Waals surface area contributed by atoms with Crippen molar-refractivity contribution in [3.05, 3.63) is 57.5 Å². The van der Waals surface area contributed by atoms with Gasteiger partial charge in [0.05, 0.1) is 30.5 Å². The lowest BCUT2D eigenvalue weighted by atomic mass is 10.1. The molecule has 1 heterocycles. The first kappa shape index (κ1) is 17.8. The summed E-state index contributed by atoms with van der Waals surface area (Å²) >= 11 is 0.844. The summed E-state index contributed by atoms with van der Waals surface area (Å²) in [5.41, 5.74) is -0.705. The van der Waals surface area contributed by atoms with Crippen molar-refractivity contribution < 1.29 is 23.1 Å². The third kappa shape index (κ3) is 4.72. The molecule has 1 aromatic carbocycles. The quantitative estimate of drug-likeness (QED) is 0.368. The van der Waals surface area contributed by atoms with Gasteiger partial charge in [0.25, 0.3) is 5.56 Å². The highest BCUT2D eigenvalue weighted by molar-refractivity contribution is 7.99. The number of nitrogens with one attached hydrogen (secondary N) is 1. The lowest BCUT2D eigenvalue weighted by Gasteiger charge is -2.04. The van der Waals surface area contributed by atoms with Gasteiger partial charge < -0.3 is 9.72 Å².